The number of anilines is 2. The van der Waals surface area contributed by atoms with E-state index in [0.29, 0.717) is 6.04 Å². The predicted molar refractivity (Wildman–Crippen MR) is 66.0 cm³/mol. The molecule has 1 aliphatic rings. The average molecular weight is 204 g/mol. The van der Waals surface area contributed by atoms with E-state index in [9.17, 15) is 0 Å². The van der Waals surface area contributed by atoms with Gasteiger partial charge in [-0.05, 0) is 49.8 Å². The van der Waals surface area contributed by atoms with Gasteiger partial charge in [0.2, 0.25) is 0 Å². The zero-order valence-corrected chi connectivity index (χ0v) is 9.59. The van der Waals surface area contributed by atoms with Crippen molar-refractivity contribution < 1.29 is 0 Å². The van der Waals surface area contributed by atoms with E-state index < -0.39 is 0 Å². The monoisotopic (exact) mass is 204 g/mol. The highest BCUT2D eigenvalue weighted by atomic mass is 14.9. The highest BCUT2D eigenvalue weighted by Gasteiger charge is 2.21. The summed E-state index contributed by atoms with van der Waals surface area (Å²) in [7, 11) is 0. The van der Waals surface area contributed by atoms with Crippen molar-refractivity contribution in [2.75, 3.05) is 11.1 Å². The minimum absolute atomic E-state index is 0.616. The van der Waals surface area contributed by atoms with Gasteiger partial charge < -0.3 is 11.1 Å². The minimum atomic E-state index is 0.616. The van der Waals surface area contributed by atoms with Crippen LogP contribution in [0.15, 0.2) is 18.2 Å². The summed E-state index contributed by atoms with van der Waals surface area (Å²) in [5.41, 5.74) is 9.16. The van der Waals surface area contributed by atoms with Gasteiger partial charge in [-0.1, -0.05) is 13.0 Å². The molecule has 2 unspecified atom stereocenters. The van der Waals surface area contributed by atoms with Crippen molar-refractivity contribution in [2.24, 2.45) is 5.92 Å². The number of aryl methyl sites for hydroxylation is 1. The Bertz CT molecular complexity index is 346. The van der Waals surface area contributed by atoms with Crippen molar-refractivity contribution in [3.05, 3.63) is 23.8 Å². The van der Waals surface area contributed by atoms with Crippen LogP contribution in [0.3, 0.4) is 0 Å². The second-order valence-corrected chi connectivity index (χ2v) is 4.85. The highest BCUT2D eigenvalue weighted by molar-refractivity contribution is 5.67. The molecule has 3 N–H and O–H groups in total. The van der Waals surface area contributed by atoms with E-state index in [0.717, 1.165) is 17.3 Å². The molecule has 2 atom stereocenters. The van der Waals surface area contributed by atoms with Crippen LogP contribution in [0.2, 0.25) is 0 Å². The number of benzene rings is 1. The Hall–Kier alpha value is -1.18. The first-order chi connectivity index (χ1) is 7.15. The fourth-order valence-electron chi connectivity index (χ4n) is 2.37. The second kappa shape index (κ2) is 4.13. The quantitative estimate of drug-likeness (QED) is 0.726. The van der Waals surface area contributed by atoms with Crippen LogP contribution >= 0.6 is 0 Å². The topological polar surface area (TPSA) is 38.0 Å². The molecule has 82 valence electrons. The van der Waals surface area contributed by atoms with E-state index in [1.54, 1.807) is 0 Å². The standard InChI is InChI=1S/C13H20N2/c1-9-3-5-11(7-9)15-13-6-4-10(2)8-12(13)14/h4,6,8-9,11,15H,3,5,7,14H2,1-2H3. The van der Waals surface area contributed by atoms with Crippen molar-refractivity contribution in [3.8, 4) is 0 Å². The molecular weight excluding hydrogens is 184 g/mol. The van der Waals surface area contributed by atoms with Crippen molar-refractivity contribution in [1.29, 1.82) is 0 Å². The van der Waals surface area contributed by atoms with E-state index in [-0.39, 0.29) is 0 Å². The molecule has 0 radical (unpaired) electrons. The zero-order chi connectivity index (χ0) is 10.8. The Morgan fingerprint density at radius 3 is 2.73 bits per heavy atom. The van der Waals surface area contributed by atoms with Crippen LogP contribution in [-0.2, 0) is 0 Å². The lowest BCUT2D eigenvalue weighted by Gasteiger charge is -2.16. The van der Waals surface area contributed by atoms with Gasteiger partial charge in [0, 0.05) is 6.04 Å². The lowest BCUT2D eigenvalue weighted by Crippen LogP contribution is -2.16. The second-order valence-electron chi connectivity index (χ2n) is 4.85. The molecule has 2 rings (SSSR count). The molecular formula is C13H20N2. The maximum Gasteiger partial charge on any atom is 0.0576 e. The van der Waals surface area contributed by atoms with Gasteiger partial charge in [-0.15, -0.1) is 0 Å². The number of nitrogens with one attached hydrogen (secondary N) is 1. The Kier molecular flexibility index (Phi) is 2.85. The largest absolute Gasteiger partial charge is 0.397 e. The summed E-state index contributed by atoms with van der Waals surface area (Å²) < 4.78 is 0. The Labute approximate surface area is 91.9 Å². The summed E-state index contributed by atoms with van der Waals surface area (Å²) in [6, 6.07) is 6.84. The number of hydrogen-bond acceptors (Lipinski definition) is 2. The summed E-state index contributed by atoms with van der Waals surface area (Å²) in [5, 5.41) is 3.54. The molecule has 0 saturated heterocycles. The summed E-state index contributed by atoms with van der Waals surface area (Å²) in [6.07, 6.45) is 3.88. The molecule has 0 bridgehead atoms. The lowest BCUT2D eigenvalue weighted by atomic mass is 10.1. The number of hydrogen-bond donors (Lipinski definition) is 2. The Morgan fingerprint density at radius 2 is 2.13 bits per heavy atom. The van der Waals surface area contributed by atoms with Crippen LogP contribution in [0, 0.1) is 12.8 Å². The minimum Gasteiger partial charge on any atom is -0.397 e. The molecule has 0 heterocycles. The Balaban J connectivity index is 2.04. The molecule has 1 aromatic carbocycles. The van der Waals surface area contributed by atoms with Crippen LogP contribution in [0.1, 0.15) is 31.7 Å². The van der Waals surface area contributed by atoms with Gasteiger partial charge in [0.05, 0.1) is 11.4 Å². The van der Waals surface area contributed by atoms with Crippen molar-refractivity contribution in [3.63, 3.8) is 0 Å². The molecule has 2 heteroatoms. The number of nitrogen functional groups attached to an aromatic ring is 1. The third-order valence-corrected chi connectivity index (χ3v) is 3.26. The van der Waals surface area contributed by atoms with Gasteiger partial charge in [0.15, 0.2) is 0 Å². The first kappa shape index (κ1) is 10.3. The van der Waals surface area contributed by atoms with Crippen molar-refractivity contribution in [1.82, 2.24) is 0 Å². The van der Waals surface area contributed by atoms with Gasteiger partial charge in [-0.25, -0.2) is 0 Å². The molecule has 0 amide bonds. The summed E-state index contributed by atoms with van der Waals surface area (Å²) in [5.74, 6) is 0.856. The van der Waals surface area contributed by atoms with Gasteiger partial charge in [0.1, 0.15) is 0 Å². The molecule has 2 nitrogen and oxygen atoms in total. The predicted octanol–water partition coefficient (Wildman–Crippen LogP) is 3.18. The third-order valence-electron chi connectivity index (χ3n) is 3.26. The molecule has 0 spiro atoms. The number of nitrogens with two attached hydrogens (primary N) is 1. The SMILES string of the molecule is Cc1ccc(NC2CCC(C)C2)c(N)c1. The maximum atomic E-state index is 5.97. The van der Waals surface area contributed by atoms with Gasteiger partial charge in [-0.3, -0.25) is 0 Å². The molecule has 15 heavy (non-hydrogen) atoms. The summed E-state index contributed by atoms with van der Waals surface area (Å²) in [4.78, 5) is 0. The average Bonchev–Trinajstić information content (AvgIpc) is 2.56. The fraction of sp³-hybridized carbons (Fsp3) is 0.538. The fourth-order valence-corrected chi connectivity index (χ4v) is 2.37. The first-order valence-corrected chi connectivity index (χ1v) is 5.78. The highest BCUT2D eigenvalue weighted by Crippen LogP contribution is 2.29. The van der Waals surface area contributed by atoms with Crippen LogP contribution in [0.5, 0.6) is 0 Å². The molecule has 1 fully saturated rings. The van der Waals surface area contributed by atoms with Crippen LogP contribution < -0.4 is 11.1 Å². The van der Waals surface area contributed by atoms with Crippen molar-refractivity contribution >= 4 is 11.4 Å². The van der Waals surface area contributed by atoms with E-state index in [1.165, 1.54) is 24.8 Å². The van der Waals surface area contributed by atoms with Crippen LogP contribution in [-0.4, -0.2) is 6.04 Å². The Morgan fingerprint density at radius 1 is 1.33 bits per heavy atom. The molecule has 0 aromatic heterocycles. The normalized spacial score (nSPS) is 25.5. The van der Waals surface area contributed by atoms with E-state index >= 15 is 0 Å². The molecule has 1 saturated carbocycles. The van der Waals surface area contributed by atoms with Gasteiger partial charge in [0.25, 0.3) is 0 Å². The van der Waals surface area contributed by atoms with Crippen molar-refractivity contribution in [2.45, 2.75) is 39.2 Å². The van der Waals surface area contributed by atoms with E-state index in [2.05, 4.69) is 31.3 Å². The zero-order valence-electron chi connectivity index (χ0n) is 9.59. The van der Waals surface area contributed by atoms with Gasteiger partial charge >= 0.3 is 0 Å². The summed E-state index contributed by atoms with van der Waals surface area (Å²) in [6.45, 7) is 4.39. The van der Waals surface area contributed by atoms with Crippen LogP contribution in [0.25, 0.3) is 0 Å². The lowest BCUT2D eigenvalue weighted by molar-refractivity contribution is 0.602. The first-order valence-electron chi connectivity index (χ1n) is 5.78. The van der Waals surface area contributed by atoms with Gasteiger partial charge in [-0.2, -0.15) is 0 Å². The number of rotatable bonds is 2. The molecule has 0 aliphatic heterocycles. The van der Waals surface area contributed by atoms with Crippen LogP contribution in [0.4, 0.5) is 11.4 Å². The maximum absolute atomic E-state index is 5.97. The smallest absolute Gasteiger partial charge is 0.0576 e. The molecule has 1 aliphatic carbocycles. The van der Waals surface area contributed by atoms with E-state index in [4.69, 9.17) is 5.73 Å². The summed E-state index contributed by atoms with van der Waals surface area (Å²) >= 11 is 0. The van der Waals surface area contributed by atoms with E-state index in [1.807, 2.05) is 6.07 Å². The molecule has 1 aromatic rings. The third kappa shape index (κ3) is 2.44.